The van der Waals surface area contributed by atoms with Crippen LogP contribution >= 0.6 is 11.6 Å². The first-order chi connectivity index (χ1) is 14.6. The summed E-state index contributed by atoms with van der Waals surface area (Å²) >= 11 is 6.12. The minimum absolute atomic E-state index is 0.178. The van der Waals surface area contributed by atoms with Crippen LogP contribution in [0.4, 0.5) is 0 Å². The summed E-state index contributed by atoms with van der Waals surface area (Å²) in [5, 5.41) is 5.77. The molecule has 0 bridgehead atoms. The third-order valence-electron chi connectivity index (χ3n) is 5.69. The first-order valence-corrected chi connectivity index (χ1v) is 11.8. The summed E-state index contributed by atoms with van der Waals surface area (Å²) in [5.74, 6) is 0.578. The summed E-state index contributed by atoms with van der Waals surface area (Å²) < 4.78 is 2.07. The van der Waals surface area contributed by atoms with E-state index in [9.17, 15) is 4.79 Å². The van der Waals surface area contributed by atoms with Crippen LogP contribution in [0.25, 0.3) is 5.69 Å². The van der Waals surface area contributed by atoms with Gasteiger partial charge < -0.3 is 4.90 Å². The quantitative estimate of drug-likeness (QED) is 0.579. The van der Waals surface area contributed by atoms with Crippen LogP contribution in [0.1, 0.15) is 64.9 Å². The predicted molar refractivity (Wildman–Crippen MR) is 128 cm³/mol. The van der Waals surface area contributed by atoms with Crippen LogP contribution in [0, 0.1) is 11.3 Å². The predicted octanol–water partition coefficient (Wildman–Crippen LogP) is 5.32. The first-order valence-electron chi connectivity index (χ1n) is 11.5. The van der Waals surface area contributed by atoms with Gasteiger partial charge in [-0.25, -0.2) is 4.68 Å². The van der Waals surface area contributed by atoms with Crippen LogP contribution in [0.15, 0.2) is 24.3 Å². The summed E-state index contributed by atoms with van der Waals surface area (Å²) in [6.45, 7) is 16.8. The van der Waals surface area contributed by atoms with Crippen LogP contribution in [0.5, 0.6) is 0 Å². The van der Waals surface area contributed by atoms with Crippen LogP contribution < -0.4 is 0 Å². The molecule has 1 aliphatic rings. The first kappa shape index (κ1) is 23.8. The van der Waals surface area contributed by atoms with Crippen molar-refractivity contribution in [3.63, 3.8) is 0 Å². The number of carbonyl (C=O) groups excluding carboxylic acids is 1. The summed E-state index contributed by atoms with van der Waals surface area (Å²) in [5.41, 5.74) is 4.17. The maximum Gasteiger partial charge on any atom is 0.228 e. The lowest BCUT2D eigenvalue weighted by Gasteiger charge is -2.31. The topological polar surface area (TPSA) is 41.4 Å². The van der Waals surface area contributed by atoms with Crippen molar-refractivity contribution in [2.24, 2.45) is 11.3 Å². The van der Waals surface area contributed by atoms with E-state index in [0.717, 1.165) is 55.4 Å². The molecule has 2 heterocycles. The molecule has 2 aromatic rings. The molecule has 1 amide bonds. The highest BCUT2D eigenvalue weighted by molar-refractivity contribution is 6.30. The van der Waals surface area contributed by atoms with Crippen LogP contribution in [-0.2, 0) is 24.3 Å². The van der Waals surface area contributed by atoms with Gasteiger partial charge in [-0.05, 0) is 43.1 Å². The summed E-state index contributed by atoms with van der Waals surface area (Å²) in [6, 6.07) is 7.85. The number of hydrogen-bond donors (Lipinski definition) is 0. The molecule has 3 rings (SSSR count). The standard InChI is InChI=1S/C25H37ClN4O/c1-7-13-28-14-12-23-21(16-28)22(27-30(23)20-10-8-19(26)9-11-20)17-29(15-18(2)3)24(31)25(4,5)6/h8-11,18H,7,12-17H2,1-6H3. The van der Waals surface area contributed by atoms with Gasteiger partial charge in [-0.1, -0.05) is 53.1 Å². The Bertz CT molecular complexity index is 895. The number of carbonyl (C=O) groups is 1. The third kappa shape index (κ3) is 5.69. The fraction of sp³-hybridized carbons (Fsp3) is 0.600. The Kier molecular flexibility index (Phi) is 7.48. The SMILES string of the molecule is CCCN1CCc2c(c(CN(CC(C)C)C(=O)C(C)(C)C)nn2-c2ccc(Cl)cc2)C1. The van der Waals surface area contributed by atoms with Gasteiger partial charge in [0.05, 0.1) is 23.6 Å². The minimum atomic E-state index is -0.415. The van der Waals surface area contributed by atoms with E-state index >= 15 is 0 Å². The lowest BCUT2D eigenvalue weighted by molar-refractivity contribution is -0.140. The van der Waals surface area contributed by atoms with Crippen molar-refractivity contribution < 1.29 is 4.79 Å². The number of benzene rings is 1. The minimum Gasteiger partial charge on any atom is -0.336 e. The molecule has 0 atom stereocenters. The van der Waals surface area contributed by atoms with Gasteiger partial charge in [-0.3, -0.25) is 9.69 Å². The zero-order valence-corrected chi connectivity index (χ0v) is 20.7. The third-order valence-corrected chi connectivity index (χ3v) is 5.94. The molecule has 0 saturated heterocycles. The average Bonchev–Trinajstić information content (AvgIpc) is 3.04. The summed E-state index contributed by atoms with van der Waals surface area (Å²) in [7, 11) is 0. The van der Waals surface area contributed by atoms with E-state index in [-0.39, 0.29) is 5.91 Å². The zero-order valence-electron chi connectivity index (χ0n) is 19.9. The van der Waals surface area contributed by atoms with Gasteiger partial charge in [0.2, 0.25) is 5.91 Å². The molecule has 5 nitrogen and oxygen atoms in total. The van der Waals surface area contributed by atoms with E-state index in [0.29, 0.717) is 12.5 Å². The molecule has 31 heavy (non-hydrogen) atoms. The Morgan fingerprint density at radius 2 is 1.90 bits per heavy atom. The smallest absolute Gasteiger partial charge is 0.228 e. The number of rotatable bonds is 7. The van der Waals surface area contributed by atoms with E-state index in [4.69, 9.17) is 16.7 Å². The fourth-order valence-electron chi connectivity index (χ4n) is 4.29. The molecule has 1 aliphatic heterocycles. The highest BCUT2D eigenvalue weighted by Gasteiger charge is 2.31. The molecule has 0 radical (unpaired) electrons. The Hall–Kier alpha value is -1.85. The van der Waals surface area contributed by atoms with Crippen LogP contribution in [-0.4, -0.2) is 45.1 Å². The van der Waals surface area contributed by atoms with Crippen molar-refractivity contribution in [3.8, 4) is 5.69 Å². The number of fused-ring (bicyclic) bond motifs is 1. The molecular formula is C25H37ClN4O. The monoisotopic (exact) mass is 444 g/mol. The molecule has 0 unspecified atom stereocenters. The Morgan fingerprint density at radius 3 is 2.48 bits per heavy atom. The van der Waals surface area contributed by atoms with Gasteiger partial charge in [0.15, 0.2) is 0 Å². The van der Waals surface area contributed by atoms with Gasteiger partial charge >= 0.3 is 0 Å². The summed E-state index contributed by atoms with van der Waals surface area (Å²) in [6.07, 6.45) is 2.10. The molecular weight excluding hydrogens is 408 g/mol. The molecule has 1 aromatic heterocycles. The lowest BCUT2D eigenvalue weighted by atomic mass is 9.94. The van der Waals surface area contributed by atoms with Gasteiger partial charge in [0.25, 0.3) is 0 Å². The van der Waals surface area contributed by atoms with Crippen molar-refractivity contribution in [2.75, 3.05) is 19.6 Å². The molecule has 1 aromatic carbocycles. The van der Waals surface area contributed by atoms with Gasteiger partial charge in [-0.2, -0.15) is 5.10 Å². The van der Waals surface area contributed by atoms with Crippen LogP contribution in [0.3, 0.4) is 0 Å². The van der Waals surface area contributed by atoms with Crippen molar-refractivity contribution in [2.45, 2.75) is 67.5 Å². The zero-order chi connectivity index (χ0) is 22.8. The summed E-state index contributed by atoms with van der Waals surface area (Å²) in [4.78, 5) is 17.7. The van der Waals surface area contributed by atoms with E-state index in [1.807, 2.05) is 49.9 Å². The van der Waals surface area contributed by atoms with E-state index in [1.54, 1.807) is 0 Å². The molecule has 0 fully saturated rings. The normalized spacial score (nSPS) is 14.7. The largest absolute Gasteiger partial charge is 0.336 e. The maximum atomic E-state index is 13.2. The number of nitrogens with zero attached hydrogens (tertiary/aromatic N) is 4. The highest BCUT2D eigenvalue weighted by atomic mass is 35.5. The second kappa shape index (κ2) is 9.74. The molecule has 0 spiro atoms. The van der Waals surface area contributed by atoms with Gasteiger partial charge in [-0.15, -0.1) is 0 Å². The maximum absolute atomic E-state index is 13.2. The van der Waals surface area contributed by atoms with Gasteiger partial charge in [0, 0.05) is 42.1 Å². The number of hydrogen-bond acceptors (Lipinski definition) is 3. The number of aromatic nitrogens is 2. The molecule has 170 valence electrons. The molecule has 0 N–H and O–H groups in total. The Labute approximate surface area is 192 Å². The van der Waals surface area contributed by atoms with E-state index in [2.05, 4.69) is 30.4 Å². The second-order valence-corrected chi connectivity index (χ2v) is 10.6. The van der Waals surface area contributed by atoms with E-state index in [1.165, 1.54) is 11.3 Å². The van der Waals surface area contributed by atoms with Crippen molar-refractivity contribution in [1.82, 2.24) is 19.6 Å². The Balaban J connectivity index is 2.01. The second-order valence-electron chi connectivity index (χ2n) is 10.1. The molecule has 0 aliphatic carbocycles. The lowest BCUT2D eigenvalue weighted by Crippen LogP contribution is -2.41. The molecule has 0 saturated carbocycles. The average molecular weight is 445 g/mol. The van der Waals surface area contributed by atoms with Crippen molar-refractivity contribution in [3.05, 3.63) is 46.2 Å². The fourth-order valence-corrected chi connectivity index (χ4v) is 4.41. The number of amides is 1. The van der Waals surface area contributed by atoms with E-state index < -0.39 is 5.41 Å². The van der Waals surface area contributed by atoms with Crippen molar-refractivity contribution in [1.29, 1.82) is 0 Å². The Morgan fingerprint density at radius 1 is 1.23 bits per heavy atom. The van der Waals surface area contributed by atoms with Crippen LogP contribution in [0.2, 0.25) is 5.02 Å². The molecule has 6 heteroatoms. The van der Waals surface area contributed by atoms with Gasteiger partial charge in [0.1, 0.15) is 0 Å². The number of halogens is 1. The van der Waals surface area contributed by atoms with Crippen molar-refractivity contribution >= 4 is 17.5 Å². The highest BCUT2D eigenvalue weighted by Crippen LogP contribution is 2.28.